The zero-order valence-corrected chi connectivity index (χ0v) is 15.6. The van der Waals surface area contributed by atoms with Crippen molar-refractivity contribution in [3.8, 4) is 5.75 Å². The predicted octanol–water partition coefficient (Wildman–Crippen LogP) is 4.37. The highest BCUT2D eigenvalue weighted by Crippen LogP contribution is 2.22. The number of anilines is 1. The van der Waals surface area contributed by atoms with Gasteiger partial charge in [-0.15, -0.1) is 0 Å². The van der Waals surface area contributed by atoms with E-state index in [4.69, 9.17) is 4.74 Å². The lowest BCUT2D eigenvalue weighted by atomic mass is 10.1. The Hall–Kier alpha value is -3.19. The molecule has 6 nitrogen and oxygen atoms in total. The molecule has 0 spiro atoms. The molecule has 2 aromatic carbocycles. The fraction of sp³-hybridized carbons (Fsp3) is 0.0500. The maximum absolute atomic E-state index is 12.5. The number of nitrogens with zero attached hydrogens (tertiary/aromatic N) is 1. The van der Waals surface area contributed by atoms with Crippen molar-refractivity contribution in [2.24, 2.45) is 0 Å². The van der Waals surface area contributed by atoms with Crippen molar-refractivity contribution in [3.05, 3.63) is 88.2 Å². The summed E-state index contributed by atoms with van der Waals surface area (Å²) in [7, 11) is 0. The number of hydrogen-bond acceptors (Lipinski definition) is 4. The molecule has 0 saturated carbocycles. The maximum atomic E-state index is 12.5. The largest absolute Gasteiger partial charge is 0.489 e. The van der Waals surface area contributed by atoms with Crippen molar-refractivity contribution in [1.82, 2.24) is 4.98 Å². The number of carboxylic acids is 1. The molecule has 0 aliphatic carbocycles. The molecule has 1 aromatic heterocycles. The third-order valence-corrected chi connectivity index (χ3v) is 4.18. The minimum Gasteiger partial charge on any atom is -0.489 e. The van der Waals surface area contributed by atoms with Gasteiger partial charge in [0.05, 0.1) is 11.3 Å². The van der Waals surface area contributed by atoms with E-state index in [9.17, 15) is 14.7 Å². The number of nitrogens with one attached hydrogen (secondary N) is 1. The van der Waals surface area contributed by atoms with E-state index >= 15 is 0 Å². The predicted molar refractivity (Wildman–Crippen MR) is 104 cm³/mol. The first kappa shape index (κ1) is 18.6. The minimum absolute atomic E-state index is 0.00158. The summed E-state index contributed by atoms with van der Waals surface area (Å²) >= 11 is 3.22. The topological polar surface area (TPSA) is 88.5 Å². The second kappa shape index (κ2) is 8.46. The first-order chi connectivity index (χ1) is 13.0. The summed E-state index contributed by atoms with van der Waals surface area (Å²) in [6.07, 6.45) is 3.39. The molecule has 0 aliphatic rings. The molecule has 0 radical (unpaired) electrons. The average Bonchev–Trinajstić information content (AvgIpc) is 2.68. The van der Waals surface area contributed by atoms with Gasteiger partial charge in [0.2, 0.25) is 0 Å². The van der Waals surface area contributed by atoms with Gasteiger partial charge in [0.15, 0.2) is 0 Å². The lowest BCUT2D eigenvalue weighted by molar-refractivity contribution is 0.0698. The van der Waals surface area contributed by atoms with Crippen LogP contribution in [0, 0.1) is 0 Å². The highest BCUT2D eigenvalue weighted by molar-refractivity contribution is 9.10. The van der Waals surface area contributed by atoms with Crippen molar-refractivity contribution >= 4 is 33.5 Å². The van der Waals surface area contributed by atoms with Gasteiger partial charge in [-0.3, -0.25) is 9.78 Å². The second-order valence-corrected chi connectivity index (χ2v) is 6.54. The molecule has 0 saturated heterocycles. The van der Waals surface area contributed by atoms with Gasteiger partial charge in [-0.1, -0.05) is 28.1 Å². The van der Waals surface area contributed by atoms with Crippen LogP contribution in [0.1, 0.15) is 26.3 Å². The summed E-state index contributed by atoms with van der Waals surface area (Å²) in [6, 6.07) is 15.0. The molecule has 1 heterocycles. The molecule has 0 bridgehead atoms. The van der Waals surface area contributed by atoms with Gasteiger partial charge in [-0.05, 0) is 42.5 Å². The molecule has 3 aromatic rings. The number of carboxylic acid groups (broad SMARTS) is 1. The van der Waals surface area contributed by atoms with Crippen molar-refractivity contribution in [1.29, 1.82) is 0 Å². The number of amides is 1. The van der Waals surface area contributed by atoms with Crippen LogP contribution >= 0.6 is 15.9 Å². The Morgan fingerprint density at radius 1 is 1.11 bits per heavy atom. The second-order valence-electron chi connectivity index (χ2n) is 5.63. The smallest absolute Gasteiger partial charge is 0.337 e. The van der Waals surface area contributed by atoms with Crippen LogP contribution in [0.5, 0.6) is 5.75 Å². The van der Waals surface area contributed by atoms with Gasteiger partial charge >= 0.3 is 5.97 Å². The van der Waals surface area contributed by atoms with Crippen molar-refractivity contribution in [2.75, 3.05) is 5.32 Å². The van der Waals surface area contributed by atoms with Crippen LogP contribution < -0.4 is 10.1 Å². The van der Waals surface area contributed by atoms with E-state index < -0.39 is 11.9 Å². The Bertz CT molecular complexity index is 977. The number of carbonyl (C=O) groups excluding carboxylic acids is 1. The molecule has 7 heteroatoms. The number of hydrogen-bond donors (Lipinski definition) is 2. The molecule has 3 rings (SSSR count). The number of halogens is 1. The highest BCUT2D eigenvalue weighted by Gasteiger charge is 2.14. The average molecular weight is 427 g/mol. The van der Waals surface area contributed by atoms with Crippen LogP contribution in [0.15, 0.2) is 71.5 Å². The molecule has 136 valence electrons. The Kier molecular flexibility index (Phi) is 5.83. The molecule has 1 amide bonds. The Morgan fingerprint density at radius 3 is 2.70 bits per heavy atom. The zero-order valence-electron chi connectivity index (χ0n) is 14.1. The molecule has 0 unspecified atom stereocenters. The SMILES string of the molecule is O=C(Nc1ccc(Br)cc1C(=O)O)c1cccc(OCc2cccnc2)c1. The normalized spacial score (nSPS) is 10.3. The monoisotopic (exact) mass is 426 g/mol. The van der Waals surface area contributed by atoms with Gasteiger partial charge < -0.3 is 15.2 Å². The van der Waals surface area contributed by atoms with E-state index in [1.54, 1.807) is 42.7 Å². The maximum Gasteiger partial charge on any atom is 0.337 e. The molecule has 27 heavy (non-hydrogen) atoms. The molecule has 2 N–H and O–H groups in total. The summed E-state index contributed by atoms with van der Waals surface area (Å²) in [5, 5.41) is 11.9. The van der Waals surface area contributed by atoms with Gasteiger partial charge in [-0.2, -0.15) is 0 Å². The fourth-order valence-corrected chi connectivity index (χ4v) is 2.74. The van der Waals surface area contributed by atoms with E-state index in [1.165, 1.54) is 12.1 Å². The van der Waals surface area contributed by atoms with Crippen LogP contribution in [-0.2, 0) is 6.61 Å². The third kappa shape index (κ3) is 4.92. The summed E-state index contributed by atoms with van der Waals surface area (Å²) in [5.41, 5.74) is 1.49. The molecule has 0 aliphatic heterocycles. The van der Waals surface area contributed by atoms with Gasteiger partial charge in [0, 0.05) is 28.0 Å². The van der Waals surface area contributed by atoms with E-state index in [0.717, 1.165) is 5.56 Å². The number of pyridine rings is 1. The summed E-state index contributed by atoms with van der Waals surface area (Å²) in [6.45, 7) is 0.328. The standard InChI is InChI=1S/C20H15BrN2O4/c21-15-6-7-18(17(10-15)20(25)26)23-19(24)14-4-1-5-16(9-14)27-12-13-3-2-8-22-11-13/h1-11H,12H2,(H,23,24)(H,25,26). The number of ether oxygens (including phenoxy) is 1. The fourth-order valence-electron chi connectivity index (χ4n) is 2.37. The first-order valence-electron chi connectivity index (χ1n) is 7.99. The minimum atomic E-state index is -1.12. The number of rotatable bonds is 6. The highest BCUT2D eigenvalue weighted by atomic mass is 79.9. The summed E-state index contributed by atoms with van der Waals surface area (Å²) in [4.78, 5) is 27.9. The van der Waals surface area contributed by atoms with Crippen LogP contribution in [0.25, 0.3) is 0 Å². The lowest BCUT2D eigenvalue weighted by Gasteiger charge is -2.11. The van der Waals surface area contributed by atoms with Gasteiger partial charge in [0.25, 0.3) is 5.91 Å². The summed E-state index contributed by atoms with van der Waals surface area (Å²) < 4.78 is 6.30. The quantitative estimate of drug-likeness (QED) is 0.610. The van der Waals surface area contributed by atoms with Crippen LogP contribution in [-0.4, -0.2) is 22.0 Å². The molecule has 0 fully saturated rings. The van der Waals surface area contributed by atoms with E-state index in [1.807, 2.05) is 12.1 Å². The molecular weight excluding hydrogens is 412 g/mol. The lowest BCUT2D eigenvalue weighted by Crippen LogP contribution is -2.15. The van der Waals surface area contributed by atoms with Crippen LogP contribution in [0.4, 0.5) is 5.69 Å². The number of benzene rings is 2. The first-order valence-corrected chi connectivity index (χ1v) is 8.78. The van der Waals surface area contributed by atoms with Gasteiger partial charge in [0.1, 0.15) is 12.4 Å². The van der Waals surface area contributed by atoms with E-state index in [-0.39, 0.29) is 11.3 Å². The molecular formula is C20H15BrN2O4. The third-order valence-electron chi connectivity index (χ3n) is 3.68. The number of aromatic carboxylic acids is 1. The van der Waals surface area contributed by atoms with Crippen LogP contribution in [0.3, 0.4) is 0 Å². The van der Waals surface area contributed by atoms with E-state index in [0.29, 0.717) is 22.4 Å². The number of carbonyl (C=O) groups is 2. The Labute approximate surface area is 164 Å². The number of aromatic nitrogens is 1. The van der Waals surface area contributed by atoms with Gasteiger partial charge in [-0.25, -0.2) is 4.79 Å². The van der Waals surface area contributed by atoms with Crippen molar-refractivity contribution in [3.63, 3.8) is 0 Å². The molecule has 0 atom stereocenters. The van der Waals surface area contributed by atoms with Crippen LogP contribution in [0.2, 0.25) is 0 Å². The Morgan fingerprint density at radius 2 is 1.96 bits per heavy atom. The summed E-state index contributed by atoms with van der Waals surface area (Å²) in [5.74, 6) is -1.02. The van der Waals surface area contributed by atoms with E-state index in [2.05, 4.69) is 26.2 Å². The van der Waals surface area contributed by atoms with Crippen molar-refractivity contribution in [2.45, 2.75) is 6.61 Å². The Balaban J connectivity index is 1.73. The zero-order chi connectivity index (χ0) is 19.2. The van der Waals surface area contributed by atoms with Crippen molar-refractivity contribution < 1.29 is 19.4 Å².